The molecule has 4 unspecified atom stereocenters. The van der Waals surface area contributed by atoms with Crippen LogP contribution in [0.4, 0.5) is 10.3 Å². The zero-order chi connectivity index (χ0) is 27.3. The van der Waals surface area contributed by atoms with Gasteiger partial charge in [0.25, 0.3) is 0 Å². The van der Waals surface area contributed by atoms with Gasteiger partial charge in [-0.2, -0.15) is 13.6 Å². The Morgan fingerprint density at radius 3 is 2.56 bits per heavy atom. The van der Waals surface area contributed by atoms with E-state index in [9.17, 15) is 28.6 Å². The van der Waals surface area contributed by atoms with Gasteiger partial charge in [-0.1, -0.05) is 18.1 Å². The molecule has 1 aliphatic rings. The van der Waals surface area contributed by atoms with Gasteiger partial charge in [-0.15, -0.1) is 6.42 Å². The zero-order valence-corrected chi connectivity index (χ0v) is 21.3. The van der Waals surface area contributed by atoms with Crippen LogP contribution in [0, 0.1) is 22.9 Å². The number of phosphoric ester groups is 1. The van der Waals surface area contributed by atoms with Crippen LogP contribution < -0.4 is 5.73 Å². The van der Waals surface area contributed by atoms with E-state index in [0.717, 1.165) is 17.8 Å². The molecule has 1 fully saturated rings. The molecule has 0 bridgehead atoms. The summed E-state index contributed by atoms with van der Waals surface area (Å²) in [7, 11) is -17.0. The quantitative estimate of drug-likeness (QED) is 0.120. The number of hydrogen-bond acceptors (Lipinski definition) is 12. The van der Waals surface area contributed by atoms with E-state index in [4.69, 9.17) is 43.4 Å². The number of alkyl halides is 1. The minimum Gasteiger partial charge on any atom is -0.396 e. The summed E-state index contributed by atoms with van der Waals surface area (Å²) < 4.78 is 69.4. The first-order valence-electron chi connectivity index (χ1n) is 9.40. The lowest BCUT2D eigenvalue weighted by Crippen LogP contribution is -2.41. The van der Waals surface area contributed by atoms with Crippen molar-refractivity contribution in [2.75, 3.05) is 12.3 Å². The maximum absolute atomic E-state index is 16.1. The summed E-state index contributed by atoms with van der Waals surface area (Å²) in [6, 6.07) is 0. The number of H-pyrrole nitrogens is 1. The molecule has 3 heterocycles. The number of aliphatic hydroxyl groups is 1. The van der Waals surface area contributed by atoms with E-state index in [1.54, 1.807) is 0 Å². The third-order valence-electron chi connectivity index (χ3n) is 4.88. The minimum absolute atomic E-state index is 0.0450. The van der Waals surface area contributed by atoms with Crippen molar-refractivity contribution in [2.45, 2.75) is 31.0 Å². The summed E-state index contributed by atoms with van der Waals surface area (Å²) in [5.74, 6) is 0.129. The highest BCUT2D eigenvalue weighted by atomic mass is 32.1. The molecule has 0 saturated carbocycles. The van der Waals surface area contributed by atoms with Gasteiger partial charge >= 0.3 is 23.5 Å². The van der Waals surface area contributed by atoms with Crippen molar-refractivity contribution in [2.24, 2.45) is 5.92 Å². The topological polar surface area (TPSA) is 262 Å². The number of nitrogens with one attached hydrogen (secondary N) is 1. The fraction of sp³-hybridized carbons (Fsp3) is 0.500. The predicted molar refractivity (Wildman–Crippen MR) is 119 cm³/mol. The highest BCUT2D eigenvalue weighted by Crippen LogP contribution is 2.67. The van der Waals surface area contributed by atoms with Crippen LogP contribution in [-0.4, -0.2) is 68.7 Å². The third kappa shape index (κ3) is 5.93. The molecule has 7 atom stereocenters. The van der Waals surface area contributed by atoms with E-state index < -0.39 is 60.1 Å². The number of phosphoric acid groups is 3. The van der Waals surface area contributed by atoms with Crippen molar-refractivity contribution in [3.8, 4) is 12.3 Å². The summed E-state index contributed by atoms with van der Waals surface area (Å²) >= 11 is 5.10. The van der Waals surface area contributed by atoms with Crippen LogP contribution in [0.2, 0.25) is 0 Å². The Labute approximate surface area is 205 Å². The van der Waals surface area contributed by atoms with Crippen LogP contribution >= 0.6 is 35.7 Å². The van der Waals surface area contributed by atoms with E-state index in [1.807, 2.05) is 5.92 Å². The second kappa shape index (κ2) is 9.93. The number of fused-ring (bicyclic) bond motifs is 1. The monoisotopic (exact) mass is 593 g/mol. The Morgan fingerprint density at radius 1 is 1.36 bits per heavy atom. The molecule has 1 aliphatic heterocycles. The fourth-order valence-corrected chi connectivity index (χ4v) is 7.02. The Kier molecular flexibility index (Phi) is 7.99. The third-order valence-corrected chi connectivity index (χ3v) is 9.10. The van der Waals surface area contributed by atoms with E-state index in [-0.39, 0.29) is 21.8 Å². The molecule has 2 aromatic rings. The number of rotatable bonds is 9. The van der Waals surface area contributed by atoms with Crippen molar-refractivity contribution in [1.29, 1.82) is 0 Å². The van der Waals surface area contributed by atoms with Crippen LogP contribution in [0.3, 0.4) is 0 Å². The Morgan fingerprint density at radius 2 is 2.00 bits per heavy atom. The molecular weight excluding hydrogens is 574 g/mol. The van der Waals surface area contributed by atoms with Gasteiger partial charge in [-0.25, -0.2) is 23.1 Å². The van der Waals surface area contributed by atoms with Gasteiger partial charge in [0.1, 0.15) is 10.2 Å². The van der Waals surface area contributed by atoms with Gasteiger partial charge < -0.3 is 40.1 Å². The molecule has 3 rings (SSSR count). The normalized spacial score (nSPS) is 28.9. The average Bonchev–Trinajstić information content (AvgIpc) is 3.23. The second-order valence-electron chi connectivity index (χ2n) is 7.33. The van der Waals surface area contributed by atoms with Gasteiger partial charge in [0.05, 0.1) is 31.1 Å². The maximum Gasteiger partial charge on any atom is 0.490 e. The lowest BCUT2D eigenvalue weighted by molar-refractivity contribution is -0.0712. The molecule has 17 nitrogen and oxygen atoms in total. The Balaban J connectivity index is 1.93. The fourth-order valence-electron chi connectivity index (χ4n) is 3.57. The number of aromatic nitrogens is 4. The molecule has 8 N–H and O–H groups in total. The van der Waals surface area contributed by atoms with Crippen LogP contribution in [0.1, 0.15) is 13.2 Å². The Bertz CT molecular complexity index is 1410. The highest BCUT2D eigenvalue weighted by molar-refractivity contribution is 7.71. The molecular formula is C14H19FN5O12P3S. The number of ether oxygens (including phenoxy) is 1. The van der Waals surface area contributed by atoms with E-state index in [1.165, 1.54) is 0 Å². The number of nitrogen functional groups attached to an aromatic ring is 1. The van der Waals surface area contributed by atoms with Gasteiger partial charge in [0, 0.05) is 0 Å². The molecule has 1 saturated heterocycles. The van der Waals surface area contributed by atoms with Gasteiger partial charge in [-0.05, 0) is 6.92 Å². The van der Waals surface area contributed by atoms with Crippen molar-refractivity contribution in [3.63, 3.8) is 0 Å². The lowest BCUT2D eigenvalue weighted by Gasteiger charge is -2.27. The SMILES string of the molecule is C#CC1(F)C(CO)[C@@H]([C@@H](C)OP(=O)(O)OP(=O)(O)OP(=O)(O)O)O[C@H]1n1cnc2c(=S)[nH]c(N)nc21. The number of anilines is 1. The van der Waals surface area contributed by atoms with Gasteiger partial charge in [0.2, 0.25) is 11.6 Å². The average molecular weight is 593 g/mol. The largest absolute Gasteiger partial charge is 0.490 e. The van der Waals surface area contributed by atoms with Crippen molar-refractivity contribution >= 4 is 52.8 Å². The number of aromatic amines is 1. The molecule has 0 radical (unpaired) electrons. The Hall–Kier alpha value is -1.61. The molecule has 0 aromatic carbocycles. The summed E-state index contributed by atoms with van der Waals surface area (Å²) in [5, 5.41) is 9.87. The maximum atomic E-state index is 16.1. The second-order valence-corrected chi connectivity index (χ2v) is 12.1. The van der Waals surface area contributed by atoms with E-state index >= 15 is 4.39 Å². The number of halogens is 1. The van der Waals surface area contributed by atoms with Crippen LogP contribution in [0.5, 0.6) is 0 Å². The van der Waals surface area contributed by atoms with Crippen LogP contribution in [0.25, 0.3) is 11.2 Å². The number of imidazole rings is 1. The number of aliphatic hydroxyl groups excluding tert-OH is 1. The minimum atomic E-state index is -5.81. The van der Waals surface area contributed by atoms with E-state index in [0.29, 0.717) is 0 Å². The number of nitrogens with zero attached hydrogens (tertiary/aromatic N) is 3. The summed E-state index contributed by atoms with van der Waals surface area (Å²) in [6.45, 7) is 0.0812. The van der Waals surface area contributed by atoms with Crippen LogP contribution in [0.15, 0.2) is 6.33 Å². The van der Waals surface area contributed by atoms with Gasteiger partial charge in [0.15, 0.2) is 11.9 Å². The smallest absolute Gasteiger partial charge is 0.396 e. The molecule has 22 heteroatoms. The number of terminal acetylenes is 1. The molecule has 0 amide bonds. The number of nitrogens with two attached hydrogens (primary N) is 1. The number of hydrogen-bond donors (Lipinski definition) is 7. The lowest BCUT2D eigenvalue weighted by atomic mass is 9.85. The predicted octanol–water partition coefficient (Wildman–Crippen LogP) is 0.650. The first-order chi connectivity index (χ1) is 16.4. The molecule has 2 aromatic heterocycles. The van der Waals surface area contributed by atoms with Crippen LogP contribution in [-0.2, 0) is 31.6 Å². The molecule has 0 aliphatic carbocycles. The van der Waals surface area contributed by atoms with Gasteiger partial charge in [-0.3, -0.25) is 9.09 Å². The molecule has 36 heavy (non-hydrogen) atoms. The first kappa shape index (κ1) is 29.0. The standard InChI is InChI=1S/C14H19FN5O12P3S/c1-3-14(15)7(4-21)9(6(2)30-34(25,26)32-35(27,28)31-33(22,23)24)29-12(14)20-5-17-8-10(20)18-13(16)19-11(8)36/h1,5-7,9,12,21H,4H2,2H3,(H,25,26)(H,27,28)(H2,22,23,24)(H3,16,18,19,36)/t6-,7?,9-,12-,14?/m1/s1. The summed E-state index contributed by atoms with van der Waals surface area (Å²) in [4.78, 5) is 46.9. The first-order valence-corrected chi connectivity index (χ1v) is 14.3. The van der Waals surface area contributed by atoms with Crippen molar-refractivity contribution in [3.05, 3.63) is 11.0 Å². The van der Waals surface area contributed by atoms with Crippen molar-refractivity contribution < 1.29 is 60.6 Å². The zero-order valence-electron chi connectivity index (χ0n) is 17.8. The highest BCUT2D eigenvalue weighted by Gasteiger charge is 2.60. The summed E-state index contributed by atoms with van der Waals surface area (Å²) in [6.07, 6.45) is 1.47. The summed E-state index contributed by atoms with van der Waals surface area (Å²) in [5.41, 5.74) is 2.92. The van der Waals surface area contributed by atoms with E-state index in [2.05, 4.69) is 23.6 Å². The molecule has 200 valence electrons. The molecule has 0 spiro atoms. The van der Waals surface area contributed by atoms with Crippen molar-refractivity contribution in [1.82, 2.24) is 19.5 Å².